The zero-order valence-electron chi connectivity index (χ0n) is 10.4. The van der Waals surface area contributed by atoms with Gasteiger partial charge in [0.2, 0.25) is 0 Å². The number of benzene rings is 1. The molecule has 1 rings (SSSR count). The Morgan fingerprint density at radius 3 is 2.67 bits per heavy atom. The van der Waals surface area contributed by atoms with Crippen LogP contribution in [0.4, 0.5) is 4.39 Å². The Morgan fingerprint density at radius 1 is 1.50 bits per heavy atom. The molecule has 3 nitrogen and oxygen atoms in total. The molecule has 0 aliphatic carbocycles. The van der Waals surface area contributed by atoms with Crippen molar-refractivity contribution in [2.24, 2.45) is 5.92 Å². The van der Waals surface area contributed by atoms with Gasteiger partial charge in [0.1, 0.15) is 11.9 Å². The number of carboxylic acid groups (broad SMARTS) is 1. The molecular formula is C13H17BrFNO2. The summed E-state index contributed by atoms with van der Waals surface area (Å²) in [5, 5.41) is 11.9. The van der Waals surface area contributed by atoms with E-state index < -0.39 is 12.0 Å². The lowest BCUT2D eigenvalue weighted by Crippen LogP contribution is -2.37. The molecule has 0 unspecified atom stereocenters. The maximum atomic E-state index is 13.5. The monoisotopic (exact) mass is 317 g/mol. The molecule has 0 aliphatic rings. The fraction of sp³-hybridized carbons (Fsp3) is 0.462. The van der Waals surface area contributed by atoms with Crippen molar-refractivity contribution in [3.8, 4) is 0 Å². The van der Waals surface area contributed by atoms with E-state index in [-0.39, 0.29) is 18.3 Å². The molecule has 1 aromatic rings. The number of hydrogen-bond donors (Lipinski definition) is 2. The Morgan fingerprint density at radius 2 is 2.17 bits per heavy atom. The first-order chi connectivity index (χ1) is 8.40. The smallest absolute Gasteiger partial charge is 0.320 e. The predicted molar refractivity (Wildman–Crippen MR) is 71.8 cm³/mol. The molecule has 5 heteroatoms. The molecule has 2 N–H and O–H groups in total. The van der Waals surface area contributed by atoms with Crippen molar-refractivity contribution in [2.75, 3.05) is 0 Å². The van der Waals surface area contributed by atoms with Crippen molar-refractivity contribution >= 4 is 21.9 Å². The Kier molecular flexibility index (Phi) is 5.75. The van der Waals surface area contributed by atoms with Crippen LogP contribution >= 0.6 is 15.9 Å². The number of hydrogen-bond acceptors (Lipinski definition) is 2. The topological polar surface area (TPSA) is 49.3 Å². The Bertz CT molecular complexity index is 423. The summed E-state index contributed by atoms with van der Waals surface area (Å²) in [6.45, 7) is 4.12. The number of aliphatic carboxylic acids is 1. The third kappa shape index (κ3) is 4.74. The SMILES string of the molecule is CC(C)C[C@@H](NCc1ccc(Br)cc1F)C(=O)O. The van der Waals surface area contributed by atoms with Crippen LogP contribution in [0.3, 0.4) is 0 Å². The summed E-state index contributed by atoms with van der Waals surface area (Å²) >= 11 is 3.18. The summed E-state index contributed by atoms with van der Waals surface area (Å²) in [4.78, 5) is 11.0. The minimum Gasteiger partial charge on any atom is -0.480 e. The first-order valence-electron chi connectivity index (χ1n) is 5.80. The zero-order valence-corrected chi connectivity index (χ0v) is 12.0. The van der Waals surface area contributed by atoms with Gasteiger partial charge in [0.05, 0.1) is 0 Å². The zero-order chi connectivity index (χ0) is 13.7. The first-order valence-corrected chi connectivity index (χ1v) is 6.59. The molecule has 0 saturated heterocycles. The fourth-order valence-corrected chi connectivity index (χ4v) is 1.97. The molecule has 0 saturated carbocycles. The van der Waals surface area contributed by atoms with Gasteiger partial charge in [0.15, 0.2) is 0 Å². The van der Waals surface area contributed by atoms with E-state index in [9.17, 15) is 9.18 Å². The second kappa shape index (κ2) is 6.85. The van der Waals surface area contributed by atoms with E-state index >= 15 is 0 Å². The van der Waals surface area contributed by atoms with E-state index in [2.05, 4.69) is 21.2 Å². The van der Waals surface area contributed by atoms with Gasteiger partial charge in [0, 0.05) is 16.6 Å². The summed E-state index contributed by atoms with van der Waals surface area (Å²) < 4.78 is 14.2. The lowest BCUT2D eigenvalue weighted by atomic mass is 10.0. The van der Waals surface area contributed by atoms with Crippen LogP contribution in [0.5, 0.6) is 0 Å². The van der Waals surface area contributed by atoms with E-state index in [0.29, 0.717) is 16.5 Å². The number of rotatable bonds is 6. The quantitative estimate of drug-likeness (QED) is 0.847. The summed E-state index contributed by atoms with van der Waals surface area (Å²) in [5.41, 5.74) is 0.466. The maximum Gasteiger partial charge on any atom is 0.320 e. The van der Waals surface area contributed by atoms with Crippen LogP contribution in [0.25, 0.3) is 0 Å². The van der Waals surface area contributed by atoms with Gasteiger partial charge in [-0.2, -0.15) is 0 Å². The van der Waals surface area contributed by atoms with Gasteiger partial charge in [-0.25, -0.2) is 4.39 Å². The molecule has 0 bridgehead atoms. The van der Waals surface area contributed by atoms with Crippen molar-refractivity contribution in [3.05, 3.63) is 34.1 Å². The van der Waals surface area contributed by atoms with Gasteiger partial charge in [-0.15, -0.1) is 0 Å². The van der Waals surface area contributed by atoms with E-state index in [1.54, 1.807) is 12.1 Å². The molecule has 1 aromatic carbocycles. The maximum absolute atomic E-state index is 13.5. The molecular weight excluding hydrogens is 301 g/mol. The van der Waals surface area contributed by atoms with Gasteiger partial charge >= 0.3 is 5.97 Å². The van der Waals surface area contributed by atoms with Crippen LogP contribution in [-0.2, 0) is 11.3 Å². The molecule has 0 amide bonds. The Hall–Kier alpha value is -0.940. The average molecular weight is 318 g/mol. The molecule has 0 fully saturated rings. The van der Waals surface area contributed by atoms with Crippen LogP contribution in [0.2, 0.25) is 0 Å². The predicted octanol–water partition coefficient (Wildman–Crippen LogP) is 3.18. The Balaban J connectivity index is 2.64. The average Bonchev–Trinajstić information content (AvgIpc) is 2.25. The van der Waals surface area contributed by atoms with Crippen LogP contribution in [-0.4, -0.2) is 17.1 Å². The summed E-state index contributed by atoms with van der Waals surface area (Å²) in [5.74, 6) is -0.972. The molecule has 0 radical (unpaired) electrons. The lowest BCUT2D eigenvalue weighted by molar-refractivity contribution is -0.140. The fourth-order valence-electron chi connectivity index (χ4n) is 1.64. The standard InChI is InChI=1S/C13H17BrFNO2/c1-8(2)5-12(13(17)18)16-7-9-3-4-10(14)6-11(9)15/h3-4,6,8,12,16H,5,7H2,1-2H3,(H,17,18)/t12-/m1/s1. The lowest BCUT2D eigenvalue weighted by Gasteiger charge is -2.16. The normalized spacial score (nSPS) is 12.7. The van der Waals surface area contributed by atoms with Crippen LogP contribution in [0, 0.1) is 11.7 Å². The Labute approximate surface area is 115 Å². The second-order valence-electron chi connectivity index (χ2n) is 4.64. The molecule has 18 heavy (non-hydrogen) atoms. The summed E-state index contributed by atoms with van der Waals surface area (Å²) in [7, 11) is 0. The van der Waals surface area contributed by atoms with E-state index in [1.165, 1.54) is 6.07 Å². The summed E-state index contributed by atoms with van der Waals surface area (Å²) in [6, 6.07) is 4.10. The van der Waals surface area contributed by atoms with Crippen molar-refractivity contribution < 1.29 is 14.3 Å². The number of carbonyl (C=O) groups is 1. The van der Waals surface area contributed by atoms with Gasteiger partial charge in [-0.3, -0.25) is 4.79 Å². The van der Waals surface area contributed by atoms with E-state index in [4.69, 9.17) is 5.11 Å². The molecule has 0 aromatic heterocycles. The van der Waals surface area contributed by atoms with Crippen LogP contribution in [0.15, 0.2) is 22.7 Å². The molecule has 100 valence electrons. The third-order valence-electron chi connectivity index (χ3n) is 2.56. The summed E-state index contributed by atoms with van der Waals surface area (Å²) in [6.07, 6.45) is 0.521. The van der Waals surface area contributed by atoms with Gasteiger partial charge in [-0.05, 0) is 24.5 Å². The largest absolute Gasteiger partial charge is 0.480 e. The highest BCUT2D eigenvalue weighted by Gasteiger charge is 2.18. The molecule has 0 heterocycles. The van der Waals surface area contributed by atoms with E-state index in [0.717, 1.165) is 0 Å². The van der Waals surface area contributed by atoms with E-state index in [1.807, 2.05) is 13.8 Å². The first kappa shape index (κ1) is 15.1. The van der Waals surface area contributed by atoms with Crippen molar-refractivity contribution in [1.82, 2.24) is 5.32 Å². The van der Waals surface area contributed by atoms with Gasteiger partial charge < -0.3 is 10.4 Å². The van der Waals surface area contributed by atoms with Crippen molar-refractivity contribution in [3.63, 3.8) is 0 Å². The molecule has 0 spiro atoms. The van der Waals surface area contributed by atoms with Crippen molar-refractivity contribution in [1.29, 1.82) is 0 Å². The molecule has 1 atom stereocenters. The highest BCUT2D eigenvalue weighted by molar-refractivity contribution is 9.10. The number of halogens is 2. The number of nitrogens with one attached hydrogen (secondary N) is 1. The van der Waals surface area contributed by atoms with Gasteiger partial charge in [0.25, 0.3) is 0 Å². The minimum absolute atomic E-state index is 0.211. The highest BCUT2D eigenvalue weighted by Crippen LogP contribution is 2.15. The second-order valence-corrected chi connectivity index (χ2v) is 5.55. The minimum atomic E-state index is -0.902. The van der Waals surface area contributed by atoms with Crippen LogP contribution in [0.1, 0.15) is 25.8 Å². The molecule has 0 aliphatic heterocycles. The van der Waals surface area contributed by atoms with Crippen molar-refractivity contribution in [2.45, 2.75) is 32.9 Å². The van der Waals surface area contributed by atoms with Crippen LogP contribution < -0.4 is 5.32 Å². The third-order valence-corrected chi connectivity index (χ3v) is 3.05. The number of carboxylic acids is 1. The highest BCUT2D eigenvalue weighted by atomic mass is 79.9. The van der Waals surface area contributed by atoms with Gasteiger partial charge in [-0.1, -0.05) is 35.8 Å².